The highest BCUT2D eigenvalue weighted by Crippen LogP contribution is 2.53. The molecule has 0 spiro atoms. The minimum Gasteiger partial charge on any atom is -0.481 e. The summed E-state index contributed by atoms with van der Waals surface area (Å²) in [6.07, 6.45) is 2.24. The molecule has 0 saturated heterocycles. The van der Waals surface area contributed by atoms with Gasteiger partial charge in [-0.25, -0.2) is 9.78 Å². The Hall–Kier alpha value is -0.870. The molecule has 0 radical (unpaired) electrons. The van der Waals surface area contributed by atoms with E-state index in [1.54, 1.807) is 6.08 Å². The van der Waals surface area contributed by atoms with E-state index in [2.05, 4.69) is 16.4 Å². The van der Waals surface area contributed by atoms with E-state index in [9.17, 15) is 4.79 Å². The fourth-order valence-electron chi connectivity index (χ4n) is 1.28. The largest absolute Gasteiger partial charge is 0.481 e. The summed E-state index contributed by atoms with van der Waals surface area (Å²) in [5.41, 5.74) is -0.780. The molecule has 0 bridgehead atoms. The van der Waals surface area contributed by atoms with Gasteiger partial charge in [0.1, 0.15) is 5.41 Å². The third-order valence-corrected chi connectivity index (χ3v) is 2.28. The lowest BCUT2D eigenvalue weighted by molar-refractivity contribution is -0.282. The van der Waals surface area contributed by atoms with E-state index < -0.39 is 11.4 Å². The number of aliphatic carboxylic acids is 1. The molecule has 68 valence electrons. The van der Waals surface area contributed by atoms with Gasteiger partial charge in [-0.05, 0) is 12.3 Å². The molecule has 0 aromatic heterocycles. The van der Waals surface area contributed by atoms with Crippen LogP contribution in [0.4, 0.5) is 0 Å². The maximum absolute atomic E-state index is 10.8. The standard InChI is InChI=1S/C8H12O4/c1-3-6-4-8(6,7(9)10)5-12-11-2/h3,6H,1,4-5H2,2H3,(H,9,10). The average Bonchev–Trinajstić information content (AvgIpc) is 2.76. The zero-order valence-electron chi connectivity index (χ0n) is 6.95. The van der Waals surface area contributed by atoms with Crippen LogP contribution in [0.3, 0.4) is 0 Å². The third kappa shape index (κ3) is 1.35. The predicted molar refractivity (Wildman–Crippen MR) is 41.3 cm³/mol. The van der Waals surface area contributed by atoms with Crippen molar-refractivity contribution in [3.05, 3.63) is 12.7 Å². The van der Waals surface area contributed by atoms with E-state index in [-0.39, 0.29) is 12.5 Å². The van der Waals surface area contributed by atoms with E-state index in [1.165, 1.54) is 7.11 Å². The van der Waals surface area contributed by atoms with Gasteiger partial charge in [0, 0.05) is 0 Å². The van der Waals surface area contributed by atoms with Gasteiger partial charge in [-0.1, -0.05) is 6.08 Å². The van der Waals surface area contributed by atoms with Crippen LogP contribution in [0.1, 0.15) is 6.42 Å². The predicted octanol–water partition coefficient (Wildman–Crippen LogP) is 0.841. The van der Waals surface area contributed by atoms with Crippen LogP contribution in [0, 0.1) is 11.3 Å². The summed E-state index contributed by atoms with van der Waals surface area (Å²) in [6, 6.07) is 0. The Bertz CT molecular complexity index is 201. The van der Waals surface area contributed by atoms with Gasteiger partial charge in [-0.3, -0.25) is 4.79 Å². The van der Waals surface area contributed by atoms with Crippen molar-refractivity contribution in [2.75, 3.05) is 13.7 Å². The Kier molecular flexibility index (Phi) is 2.49. The second-order valence-electron chi connectivity index (χ2n) is 2.94. The summed E-state index contributed by atoms with van der Waals surface area (Å²) < 4.78 is 0. The second-order valence-corrected chi connectivity index (χ2v) is 2.94. The lowest BCUT2D eigenvalue weighted by Crippen LogP contribution is -2.23. The number of carboxylic acids is 1. The van der Waals surface area contributed by atoms with Gasteiger partial charge in [0.05, 0.1) is 13.7 Å². The van der Waals surface area contributed by atoms with Crippen LogP contribution in [0.5, 0.6) is 0 Å². The molecule has 2 unspecified atom stereocenters. The molecular weight excluding hydrogens is 160 g/mol. The lowest BCUT2D eigenvalue weighted by atomic mass is 10.1. The van der Waals surface area contributed by atoms with Crippen molar-refractivity contribution in [2.45, 2.75) is 6.42 Å². The molecule has 4 nitrogen and oxygen atoms in total. The molecule has 1 aliphatic rings. The number of allylic oxidation sites excluding steroid dienone is 1. The van der Waals surface area contributed by atoms with Gasteiger partial charge in [0.2, 0.25) is 0 Å². The Balaban J connectivity index is 2.53. The van der Waals surface area contributed by atoms with Crippen molar-refractivity contribution in [1.29, 1.82) is 0 Å². The Morgan fingerprint density at radius 2 is 2.58 bits per heavy atom. The molecule has 0 aromatic rings. The SMILES string of the molecule is C=CC1CC1(COOC)C(=O)O. The molecule has 0 heterocycles. The van der Waals surface area contributed by atoms with Crippen molar-refractivity contribution < 1.29 is 19.7 Å². The third-order valence-electron chi connectivity index (χ3n) is 2.28. The van der Waals surface area contributed by atoms with Crippen LogP contribution < -0.4 is 0 Å². The van der Waals surface area contributed by atoms with Crippen molar-refractivity contribution in [2.24, 2.45) is 11.3 Å². The summed E-state index contributed by atoms with van der Waals surface area (Å²) in [5, 5.41) is 8.85. The van der Waals surface area contributed by atoms with Gasteiger partial charge in [-0.15, -0.1) is 6.58 Å². The lowest BCUT2D eigenvalue weighted by Gasteiger charge is -2.08. The highest BCUT2D eigenvalue weighted by molar-refractivity contribution is 5.79. The van der Waals surface area contributed by atoms with E-state index in [0.717, 1.165) is 0 Å². The zero-order valence-corrected chi connectivity index (χ0v) is 6.95. The van der Waals surface area contributed by atoms with Gasteiger partial charge in [-0.2, -0.15) is 0 Å². The molecule has 1 aliphatic carbocycles. The monoisotopic (exact) mass is 172 g/mol. The van der Waals surface area contributed by atoms with E-state index in [4.69, 9.17) is 5.11 Å². The summed E-state index contributed by atoms with van der Waals surface area (Å²) in [7, 11) is 1.36. The topological polar surface area (TPSA) is 55.8 Å². The smallest absolute Gasteiger partial charge is 0.312 e. The van der Waals surface area contributed by atoms with Gasteiger partial charge >= 0.3 is 5.97 Å². The number of carbonyl (C=O) groups is 1. The molecule has 0 aromatic carbocycles. The Morgan fingerprint density at radius 1 is 1.92 bits per heavy atom. The van der Waals surface area contributed by atoms with Gasteiger partial charge in [0.25, 0.3) is 0 Å². The number of rotatable bonds is 5. The first-order chi connectivity index (χ1) is 5.67. The van der Waals surface area contributed by atoms with Crippen LogP contribution in [0.15, 0.2) is 12.7 Å². The van der Waals surface area contributed by atoms with Crippen LogP contribution >= 0.6 is 0 Å². The molecule has 1 fully saturated rings. The molecule has 1 saturated carbocycles. The molecule has 0 aliphatic heterocycles. The van der Waals surface area contributed by atoms with Crippen molar-refractivity contribution in [3.8, 4) is 0 Å². The molecule has 12 heavy (non-hydrogen) atoms. The highest BCUT2D eigenvalue weighted by atomic mass is 17.2. The first-order valence-corrected chi connectivity index (χ1v) is 3.69. The number of hydrogen-bond donors (Lipinski definition) is 1. The first-order valence-electron chi connectivity index (χ1n) is 3.69. The van der Waals surface area contributed by atoms with Crippen LogP contribution in [-0.4, -0.2) is 24.8 Å². The second kappa shape index (κ2) is 3.25. The van der Waals surface area contributed by atoms with Gasteiger partial charge in [0.15, 0.2) is 0 Å². The molecule has 1 rings (SSSR count). The zero-order chi connectivity index (χ0) is 9.19. The highest BCUT2D eigenvalue weighted by Gasteiger charge is 2.59. The van der Waals surface area contributed by atoms with Crippen LogP contribution in [0.2, 0.25) is 0 Å². The first kappa shape index (κ1) is 9.22. The van der Waals surface area contributed by atoms with E-state index in [1.807, 2.05) is 0 Å². The minimum absolute atomic E-state index is 0.0187. The summed E-state index contributed by atoms with van der Waals surface area (Å²) in [5.74, 6) is -0.824. The maximum Gasteiger partial charge on any atom is 0.312 e. The van der Waals surface area contributed by atoms with Crippen molar-refractivity contribution in [1.82, 2.24) is 0 Å². The summed E-state index contributed by atoms with van der Waals surface area (Å²) in [6.45, 7) is 3.64. The molecule has 1 N–H and O–H groups in total. The van der Waals surface area contributed by atoms with Crippen molar-refractivity contribution >= 4 is 5.97 Å². The molecule has 2 atom stereocenters. The Morgan fingerprint density at radius 3 is 2.92 bits per heavy atom. The maximum atomic E-state index is 10.8. The van der Waals surface area contributed by atoms with E-state index >= 15 is 0 Å². The van der Waals surface area contributed by atoms with Crippen LogP contribution in [-0.2, 0) is 14.6 Å². The molecular formula is C8H12O4. The fraction of sp³-hybridized carbons (Fsp3) is 0.625. The van der Waals surface area contributed by atoms with Crippen LogP contribution in [0.25, 0.3) is 0 Å². The van der Waals surface area contributed by atoms with E-state index in [0.29, 0.717) is 6.42 Å². The normalized spacial score (nSPS) is 32.9. The van der Waals surface area contributed by atoms with Gasteiger partial charge < -0.3 is 5.11 Å². The minimum atomic E-state index is -0.843. The average molecular weight is 172 g/mol. The molecule has 0 amide bonds. The fourth-order valence-corrected chi connectivity index (χ4v) is 1.28. The number of carboxylic acid groups (broad SMARTS) is 1. The van der Waals surface area contributed by atoms with Crippen molar-refractivity contribution in [3.63, 3.8) is 0 Å². The molecule has 4 heteroatoms. The quantitative estimate of drug-likeness (QED) is 0.379. The number of hydrogen-bond acceptors (Lipinski definition) is 3. The Labute approximate surface area is 70.7 Å². The summed E-state index contributed by atoms with van der Waals surface area (Å²) in [4.78, 5) is 19.8. The summed E-state index contributed by atoms with van der Waals surface area (Å²) >= 11 is 0.